The van der Waals surface area contributed by atoms with E-state index >= 15 is 0 Å². The molecule has 4 aromatic rings. The first-order chi connectivity index (χ1) is 18.1. The molecule has 8 heteroatoms. The number of aromatic amines is 1. The lowest BCUT2D eigenvalue weighted by atomic mass is 9.97. The van der Waals surface area contributed by atoms with E-state index in [-0.39, 0.29) is 5.56 Å². The average molecular weight is 519 g/mol. The van der Waals surface area contributed by atoms with Crippen molar-refractivity contribution in [3.05, 3.63) is 75.4 Å². The monoisotopic (exact) mass is 518 g/mol. The van der Waals surface area contributed by atoms with Crippen molar-refractivity contribution in [2.45, 2.75) is 32.1 Å². The van der Waals surface area contributed by atoms with Crippen molar-refractivity contribution in [2.24, 2.45) is 0 Å². The maximum atomic E-state index is 12.9. The Labute approximate surface area is 219 Å². The Morgan fingerprint density at radius 1 is 0.973 bits per heavy atom. The molecule has 7 nitrogen and oxygen atoms in total. The molecule has 5 rings (SSSR count). The lowest BCUT2D eigenvalue weighted by molar-refractivity contribution is 0.206. The average Bonchev–Trinajstić information content (AvgIpc) is 3.31. The van der Waals surface area contributed by atoms with Crippen LogP contribution in [-0.2, 0) is 19.3 Å². The van der Waals surface area contributed by atoms with Crippen molar-refractivity contribution in [1.82, 2.24) is 9.97 Å². The van der Waals surface area contributed by atoms with Crippen molar-refractivity contribution in [2.75, 3.05) is 27.4 Å². The maximum Gasteiger partial charge on any atom is 0.260 e. The van der Waals surface area contributed by atoms with Crippen molar-refractivity contribution >= 4 is 21.6 Å². The zero-order valence-corrected chi connectivity index (χ0v) is 21.9. The minimum absolute atomic E-state index is 0.0798. The summed E-state index contributed by atoms with van der Waals surface area (Å²) < 4.78 is 22.8. The molecule has 37 heavy (non-hydrogen) atoms. The van der Waals surface area contributed by atoms with Crippen LogP contribution in [0.4, 0.5) is 0 Å². The van der Waals surface area contributed by atoms with Crippen LogP contribution in [0.3, 0.4) is 0 Å². The van der Waals surface area contributed by atoms with Crippen molar-refractivity contribution in [3.8, 4) is 34.4 Å². The Balaban J connectivity index is 1.28. The number of nitrogens with zero attached hydrogens (tertiary/aromatic N) is 1. The van der Waals surface area contributed by atoms with E-state index in [1.165, 1.54) is 16.9 Å². The van der Waals surface area contributed by atoms with E-state index in [1.807, 2.05) is 42.5 Å². The van der Waals surface area contributed by atoms with Gasteiger partial charge in [0.15, 0.2) is 23.0 Å². The number of ether oxygens (including phenoxy) is 4. The van der Waals surface area contributed by atoms with Gasteiger partial charge >= 0.3 is 0 Å². The van der Waals surface area contributed by atoms with Crippen LogP contribution in [-0.4, -0.2) is 37.4 Å². The Bertz CT molecular complexity index is 1490. The number of hydrogen-bond donors (Lipinski definition) is 1. The van der Waals surface area contributed by atoms with E-state index in [4.69, 9.17) is 23.9 Å². The summed E-state index contributed by atoms with van der Waals surface area (Å²) >= 11 is 1.64. The van der Waals surface area contributed by atoms with Crippen molar-refractivity contribution in [3.63, 3.8) is 0 Å². The fourth-order valence-electron chi connectivity index (χ4n) is 4.66. The second kappa shape index (κ2) is 11.1. The van der Waals surface area contributed by atoms with Gasteiger partial charge in [-0.1, -0.05) is 12.1 Å². The minimum Gasteiger partial charge on any atom is -0.493 e. The third kappa shape index (κ3) is 5.20. The molecule has 0 fully saturated rings. The van der Waals surface area contributed by atoms with Gasteiger partial charge < -0.3 is 23.9 Å². The zero-order chi connectivity index (χ0) is 25.8. The van der Waals surface area contributed by atoms with Crippen LogP contribution in [0.15, 0.2) is 53.8 Å². The number of fused-ring (bicyclic) bond motifs is 3. The number of aromatic nitrogens is 2. The van der Waals surface area contributed by atoms with E-state index in [1.54, 1.807) is 25.6 Å². The Morgan fingerprint density at radius 3 is 2.41 bits per heavy atom. The van der Waals surface area contributed by atoms with Gasteiger partial charge in [0.2, 0.25) is 0 Å². The van der Waals surface area contributed by atoms with Gasteiger partial charge in [0, 0.05) is 10.4 Å². The SMILES string of the molecule is C=CCc1ccc(OCCOc2ccc(-c3nc4sc5c(c4c(=O)[nH]3)CCCC5)cc2OC)c(OC)c1. The quantitative estimate of drug-likeness (QED) is 0.213. The molecular weight excluding hydrogens is 488 g/mol. The minimum atomic E-state index is -0.0798. The summed E-state index contributed by atoms with van der Waals surface area (Å²) in [5.74, 6) is 2.99. The predicted octanol–water partition coefficient (Wildman–Crippen LogP) is 5.73. The lowest BCUT2D eigenvalue weighted by Gasteiger charge is -2.14. The van der Waals surface area contributed by atoms with Crippen LogP contribution in [0.2, 0.25) is 0 Å². The van der Waals surface area contributed by atoms with Crippen LogP contribution in [0.5, 0.6) is 23.0 Å². The number of H-pyrrole nitrogens is 1. The number of aryl methyl sites for hydroxylation is 2. The molecule has 0 saturated heterocycles. The molecule has 0 atom stereocenters. The summed E-state index contributed by atoms with van der Waals surface area (Å²) in [6.07, 6.45) is 6.90. The number of methoxy groups -OCH3 is 2. The van der Waals surface area contributed by atoms with Crippen LogP contribution in [0.25, 0.3) is 21.6 Å². The Morgan fingerprint density at radius 2 is 1.68 bits per heavy atom. The maximum absolute atomic E-state index is 12.9. The van der Waals surface area contributed by atoms with Crippen molar-refractivity contribution < 1.29 is 18.9 Å². The molecule has 1 aliphatic carbocycles. The first-order valence-corrected chi connectivity index (χ1v) is 13.2. The van der Waals surface area contributed by atoms with Crippen LogP contribution in [0, 0.1) is 0 Å². The molecular formula is C29H30N2O5S. The lowest BCUT2D eigenvalue weighted by Crippen LogP contribution is -2.11. The highest BCUT2D eigenvalue weighted by molar-refractivity contribution is 7.18. The van der Waals surface area contributed by atoms with Gasteiger partial charge in [0.25, 0.3) is 5.56 Å². The standard InChI is InChI=1S/C29H30N2O5S/c1-4-7-18-10-12-21(23(16-18)33-2)35-14-15-36-22-13-11-19(17-24(22)34-3)27-30-28(32)26-20-8-5-6-9-25(20)37-29(26)31-27/h4,10-13,16-17H,1,5-9,14-15H2,2-3H3,(H,30,31,32). The number of thiophene rings is 1. The fraction of sp³-hybridized carbons (Fsp3) is 0.310. The van der Waals surface area contributed by atoms with E-state index in [9.17, 15) is 4.79 Å². The van der Waals surface area contributed by atoms with Crippen LogP contribution >= 0.6 is 11.3 Å². The van der Waals surface area contributed by atoms with E-state index < -0.39 is 0 Å². The molecule has 0 unspecified atom stereocenters. The Kier molecular flexibility index (Phi) is 7.46. The number of rotatable bonds is 10. The topological polar surface area (TPSA) is 82.7 Å². The smallest absolute Gasteiger partial charge is 0.260 e. The molecule has 0 spiro atoms. The van der Waals surface area contributed by atoms with Gasteiger partial charge in [-0.25, -0.2) is 4.98 Å². The second-order valence-electron chi connectivity index (χ2n) is 8.85. The summed E-state index contributed by atoms with van der Waals surface area (Å²) in [6, 6.07) is 11.3. The van der Waals surface area contributed by atoms with Crippen LogP contribution < -0.4 is 24.5 Å². The molecule has 0 bridgehead atoms. The largest absolute Gasteiger partial charge is 0.493 e. The summed E-state index contributed by atoms with van der Waals surface area (Å²) in [5, 5.41) is 0.752. The van der Waals surface area contributed by atoms with Crippen LogP contribution in [0.1, 0.15) is 28.8 Å². The number of allylic oxidation sites excluding steroid dienone is 1. The first kappa shape index (κ1) is 24.9. The molecule has 2 heterocycles. The van der Waals surface area contributed by atoms with Gasteiger partial charge in [0.1, 0.15) is 23.9 Å². The molecule has 0 amide bonds. The zero-order valence-electron chi connectivity index (χ0n) is 21.1. The number of nitrogens with one attached hydrogen (secondary N) is 1. The molecule has 0 radical (unpaired) electrons. The third-order valence-corrected chi connectivity index (χ3v) is 7.65. The van der Waals surface area contributed by atoms with E-state index in [0.29, 0.717) is 42.0 Å². The van der Waals surface area contributed by atoms with Gasteiger partial charge in [-0.15, -0.1) is 17.9 Å². The number of hydrogen-bond acceptors (Lipinski definition) is 7. The summed E-state index contributed by atoms with van der Waals surface area (Å²) in [7, 11) is 3.21. The molecule has 2 aromatic carbocycles. The molecule has 1 N–H and O–H groups in total. The van der Waals surface area contributed by atoms with Gasteiger partial charge in [-0.2, -0.15) is 0 Å². The van der Waals surface area contributed by atoms with Gasteiger partial charge in [0.05, 0.1) is 19.6 Å². The van der Waals surface area contributed by atoms with E-state index in [0.717, 1.165) is 47.0 Å². The van der Waals surface area contributed by atoms with Gasteiger partial charge in [-0.05, 0) is 73.6 Å². The molecule has 0 aliphatic heterocycles. The summed E-state index contributed by atoms with van der Waals surface area (Å²) in [5.41, 5.74) is 2.97. The first-order valence-electron chi connectivity index (χ1n) is 12.4. The van der Waals surface area contributed by atoms with Crippen molar-refractivity contribution in [1.29, 1.82) is 0 Å². The van der Waals surface area contributed by atoms with Gasteiger partial charge in [-0.3, -0.25) is 4.79 Å². The molecule has 0 saturated carbocycles. The number of benzene rings is 2. The normalized spacial score (nSPS) is 12.7. The van der Waals surface area contributed by atoms with E-state index in [2.05, 4.69) is 11.6 Å². The highest BCUT2D eigenvalue weighted by Gasteiger charge is 2.20. The molecule has 1 aliphatic rings. The highest BCUT2D eigenvalue weighted by atomic mass is 32.1. The Hall–Kier alpha value is -3.78. The fourth-order valence-corrected chi connectivity index (χ4v) is 5.92. The summed E-state index contributed by atoms with van der Waals surface area (Å²) in [4.78, 5) is 22.8. The second-order valence-corrected chi connectivity index (χ2v) is 9.93. The summed E-state index contributed by atoms with van der Waals surface area (Å²) in [6.45, 7) is 4.42. The molecule has 2 aromatic heterocycles. The predicted molar refractivity (Wildman–Crippen MR) is 147 cm³/mol. The third-order valence-electron chi connectivity index (χ3n) is 6.47. The highest BCUT2D eigenvalue weighted by Crippen LogP contribution is 2.36. The molecule has 192 valence electrons.